The lowest BCUT2D eigenvalue weighted by Crippen LogP contribution is -2.29. The van der Waals surface area contributed by atoms with Crippen LogP contribution in [0.25, 0.3) is 6.08 Å². The predicted octanol–water partition coefficient (Wildman–Crippen LogP) is 3.54. The van der Waals surface area contributed by atoms with Crippen LogP contribution < -0.4 is 10.6 Å². The molecule has 0 aliphatic heterocycles. The number of benzene rings is 2. The number of esters is 1. The minimum atomic E-state index is -0.949. The number of ether oxygens (including phenoxy) is 1. The lowest BCUT2D eigenvalue weighted by molar-refractivity contribution is -0.148. The summed E-state index contributed by atoms with van der Waals surface area (Å²) in [4.78, 5) is 35.0. The van der Waals surface area contributed by atoms with E-state index in [-0.39, 0.29) is 5.91 Å². The number of hydrogen-bond acceptors (Lipinski definition) is 4. The second-order valence-corrected chi connectivity index (χ2v) is 6.07. The summed E-state index contributed by atoms with van der Waals surface area (Å²) in [6, 6.07) is 14.3. The second kappa shape index (κ2) is 9.33. The topological polar surface area (TPSA) is 84.5 Å². The molecule has 0 unspecified atom stereocenters. The SMILES string of the molecule is CC(=O)Nc1ccc(NC(=O)[C@H](C)OC(=O)/C=C/c2cccc(C)c2)cc1. The molecular weight excluding hydrogens is 344 g/mol. The van der Waals surface area contributed by atoms with Crippen molar-refractivity contribution in [1.29, 1.82) is 0 Å². The summed E-state index contributed by atoms with van der Waals surface area (Å²) in [5.41, 5.74) is 3.12. The first-order chi connectivity index (χ1) is 12.8. The van der Waals surface area contributed by atoms with Gasteiger partial charge in [-0.05, 0) is 49.8 Å². The van der Waals surface area contributed by atoms with Crippen LogP contribution in [0, 0.1) is 6.92 Å². The number of hydrogen-bond donors (Lipinski definition) is 2. The van der Waals surface area contributed by atoms with Gasteiger partial charge in [0, 0.05) is 24.4 Å². The zero-order valence-corrected chi connectivity index (χ0v) is 15.5. The van der Waals surface area contributed by atoms with Crippen LogP contribution in [-0.4, -0.2) is 23.9 Å². The summed E-state index contributed by atoms with van der Waals surface area (Å²) in [5, 5.41) is 5.29. The monoisotopic (exact) mass is 366 g/mol. The molecular formula is C21H22N2O4. The van der Waals surface area contributed by atoms with Crippen molar-refractivity contribution < 1.29 is 19.1 Å². The Morgan fingerprint density at radius 1 is 1.00 bits per heavy atom. The fourth-order valence-electron chi connectivity index (χ4n) is 2.29. The van der Waals surface area contributed by atoms with E-state index in [1.807, 2.05) is 31.2 Å². The Balaban J connectivity index is 1.87. The predicted molar refractivity (Wildman–Crippen MR) is 105 cm³/mol. The van der Waals surface area contributed by atoms with Crippen molar-refractivity contribution >= 4 is 35.2 Å². The fraction of sp³-hybridized carbons (Fsp3) is 0.190. The van der Waals surface area contributed by atoms with Crippen LogP contribution in [0.4, 0.5) is 11.4 Å². The Hall–Kier alpha value is -3.41. The first kappa shape index (κ1) is 19.9. The minimum absolute atomic E-state index is 0.175. The van der Waals surface area contributed by atoms with Crippen LogP contribution in [0.1, 0.15) is 25.0 Å². The van der Waals surface area contributed by atoms with Crippen LogP contribution in [0.2, 0.25) is 0 Å². The molecule has 27 heavy (non-hydrogen) atoms. The highest BCUT2D eigenvalue weighted by Crippen LogP contribution is 2.14. The van der Waals surface area contributed by atoms with E-state index in [2.05, 4.69) is 10.6 Å². The molecule has 0 heterocycles. The maximum Gasteiger partial charge on any atom is 0.331 e. The quantitative estimate of drug-likeness (QED) is 0.605. The van der Waals surface area contributed by atoms with Gasteiger partial charge in [0.1, 0.15) is 0 Å². The van der Waals surface area contributed by atoms with Crippen molar-refractivity contribution in [2.24, 2.45) is 0 Å². The van der Waals surface area contributed by atoms with Gasteiger partial charge < -0.3 is 15.4 Å². The number of carbonyl (C=O) groups excluding carboxylic acids is 3. The number of aryl methyl sites for hydroxylation is 1. The molecule has 6 nitrogen and oxygen atoms in total. The van der Waals surface area contributed by atoms with Crippen molar-refractivity contribution in [3.63, 3.8) is 0 Å². The molecule has 6 heteroatoms. The molecule has 0 spiro atoms. The largest absolute Gasteiger partial charge is 0.449 e. The second-order valence-electron chi connectivity index (χ2n) is 6.07. The third-order valence-corrected chi connectivity index (χ3v) is 3.59. The van der Waals surface area contributed by atoms with E-state index in [9.17, 15) is 14.4 Å². The molecule has 0 saturated carbocycles. The molecule has 0 fully saturated rings. The van der Waals surface area contributed by atoms with E-state index in [1.165, 1.54) is 19.9 Å². The molecule has 140 valence electrons. The van der Waals surface area contributed by atoms with Gasteiger partial charge >= 0.3 is 5.97 Å². The molecule has 2 rings (SSSR count). The molecule has 0 bridgehead atoms. The highest BCUT2D eigenvalue weighted by Gasteiger charge is 2.16. The van der Waals surface area contributed by atoms with E-state index in [0.717, 1.165) is 11.1 Å². The molecule has 2 N–H and O–H groups in total. The van der Waals surface area contributed by atoms with Gasteiger partial charge in [0.2, 0.25) is 5.91 Å². The van der Waals surface area contributed by atoms with Gasteiger partial charge in [-0.2, -0.15) is 0 Å². The lowest BCUT2D eigenvalue weighted by Gasteiger charge is -2.12. The number of rotatable bonds is 6. The van der Waals surface area contributed by atoms with E-state index >= 15 is 0 Å². The van der Waals surface area contributed by atoms with Crippen LogP contribution in [0.15, 0.2) is 54.6 Å². The molecule has 2 aromatic carbocycles. The average molecular weight is 366 g/mol. The number of anilines is 2. The first-order valence-corrected chi connectivity index (χ1v) is 8.47. The van der Waals surface area contributed by atoms with E-state index < -0.39 is 18.0 Å². The number of carbonyl (C=O) groups is 3. The maximum atomic E-state index is 12.1. The summed E-state index contributed by atoms with van der Waals surface area (Å²) in [7, 11) is 0. The van der Waals surface area contributed by atoms with Gasteiger partial charge in [0.25, 0.3) is 5.91 Å². The molecule has 1 atom stereocenters. The molecule has 0 aliphatic rings. The Morgan fingerprint density at radius 3 is 2.22 bits per heavy atom. The maximum absolute atomic E-state index is 12.1. The van der Waals surface area contributed by atoms with E-state index in [1.54, 1.807) is 30.3 Å². The standard InChI is InChI=1S/C21H22N2O4/c1-14-5-4-6-17(13-14)7-12-20(25)27-15(2)21(26)23-19-10-8-18(9-11-19)22-16(3)24/h4-13,15H,1-3H3,(H,22,24)(H,23,26)/b12-7+/t15-/m0/s1. The lowest BCUT2D eigenvalue weighted by atomic mass is 10.1. The molecule has 0 aromatic heterocycles. The normalized spacial score (nSPS) is 11.7. The van der Waals surface area contributed by atoms with Gasteiger partial charge in [-0.1, -0.05) is 29.8 Å². The van der Waals surface area contributed by atoms with E-state index in [0.29, 0.717) is 11.4 Å². The average Bonchev–Trinajstić information content (AvgIpc) is 2.61. The van der Waals surface area contributed by atoms with Gasteiger partial charge in [-0.3, -0.25) is 9.59 Å². The van der Waals surface area contributed by atoms with Gasteiger partial charge in [-0.25, -0.2) is 4.79 Å². The highest BCUT2D eigenvalue weighted by atomic mass is 16.5. The molecule has 0 aliphatic carbocycles. The van der Waals surface area contributed by atoms with Crippen molar-refractivity contribution in [2.75, 3.05) is 10.6 Å². The number of amides is 2. The van der Waals surface area contributed by atoms with Crippen molar-refractivity contribution in [1.82, 2.24) is 0 Å². The van der Waals surface area contributed by atoms with Crippen LogP contribution in [0.3, 0.4) is 0 Å². The highest BCUT2D eigenvalue weighted by molar-refractivity contribution is 5.97. The Labute approximate surface area is 158 Å². The number of nitrogens with one attached hydrogen (secondary N) is 2. The van der Waals surface area contributed by atoms with E-state index in [4.69, 9.17) is 4.74 Å². The zero-order chi connectivity index (χ0) is 19.8. The van der Waals surface area contributed by atoms with Crippen molar-refractivity contribution in [3.05, 3.63) is 65.7 Å². The van der Waals surface area contributed by atoms with Gasteiger partial charge in [0.05, 0.1) is 0 Å². The third kappa shape index (κ3) is 6.78. The van der Waals surface area contributed by atoms with Crippen LogP contribution >= 0.6 is 0 Å². The Morgan fingerprint density at radius 2 is 1.63 bits per heavy atom. The molecule has 2 aromatic rings. The summed E-state index contributed by atoms with van der Waals surface area (Å²) in [6.45, 7) is 4.88. The fourth-order valence-corrected chi connectivity index (χ4v) is 2.29. The van der Waals surface area contributed by atoms with Crippen molar-refractivity contribution in [2.45, 2.75) is 26.9 Å². The summed E-state index contributed by atoms with van der Waals surface area (Å²) in [5.74, 6) is -1.22. The van der Waals surface area contributed by atoms with Gasteiger partial charge in [0.15, 0.2) is 6.10 Å². The Kier molecular flexibility index (Phi) is 6.88. The van der Waals surface area contributed by atoms with Crippen LogP contribution in [0.5, 0.6) is 0 Å². The first-order valence-electron chi connectivity index (χ1n) is 8.47. The third-order valence-electron chi connectivity index (χ3n) is 3.59. The zero-order valence-electron chi connectivity index (χ0n) is 15.5. The summed E-state index contributed by atoms with van der Waals surface area (Å²) in [6.07, 6.45) is 1.98. The molecule has 0 radical (unpaired) electrons. The summed E-state index contributed by atoms with van der Waals surface area (Å²) < 4.78 is 5.12. The molecule has 0 saturated heterocycles. The smallest absolute Gasteiger partial charge is 0.331 e. The molecule has 2 amide bonds. The van der Waals surface area contributed by atoms with Gasteiger partial charge in [-0.15, -0.1) is 0 Å². The summed E-state index contributed by atoms with van der Waals surface area (Å²) >= 11 is 0. The minimum Gasteiger partial charge on any atom is -0.449 e. The Bertz CT molecular complexity index is 857. The van der Waals surface area contributed by atoms with Crippen LogP contribution in [-0.2, 0) is 19.1 Å². The van der Waals surface area contributed by atoms with Crippen molar-refractivity contribution in [3.8, 4) is 0 Å².